The number of hydrogen-bond donors (Lipinski definition) is 1. The van der Waals surface area contributed by atoms with Crippen LogP contribution >= 0.6 is 31.9 Å². The van der Waals surface area contributed by atoms with E-state index in [9.17, 15) is 14.7 Å². The van der Waals surface area contributed by atoms with Gasteiger partial charge in [-0.1, -0.05) is 67.8 Å². The summed E-state index contributed by atoms with van der Waals surface area (Å²) < 4.78 is 7.77. The van der Waals surface area contributed by atoms with Crippen molar-refractivity contribution in [1.29, 1.82) is 0 Å². The number of likely N-dealkylation sites (tertiary alicyclic amines) is 1. The third-order valence-corrected chi connectivity index (χ3v) is 7.10. The van der Waals surface area contributed by atoms with Gasteiger partial charge < -0.3 is 19.6 Å². The number of ether oxygens (including phenoxy) is 1. The van der Waals surface area contributed by atoms with Crippen molar-refractivity contribution in [2.24, 2.45) is 0 Å². The van der Waals surface area contributed by atoms with E-state index in [0.717, 1.165) is 25.6 Å². The van der Waals surface area contributed by atoms with Crippen molar-refractivity contribution in [1.82, 2.24) is 9.80 Å². The van der Waals surface area contributed by atoms with Gasteiger partial charge in [-0.15, -0.1) is 0 Å². The van der Waals surface area contributed by atoms with Crippen LogP contribution in [0.4, 0.5) is 0 Å². The van der Waals surface area contributed by atoms with Crippen LogP contribution in [0.2, 0.25) is 0 Å². The van der Waals surface area contributed by atoms with Crippen LogP contribution < -0.4 is 4.74 Å². The monoisotopic (exact) mass is 600 g/mol. The molecule has 0 aromatic heterocycles. The van der Waals surface area contributed by atoms with E-state index in [2.05, 4.69) is 31.9 Å². The van der Waals surface area contributed by atoms with Crippen LogP contribution in [0.1, 0.15) is 23.1 Å². The fraction of sp³-hybridized carbons (Fsp3) is 0.259. The van der Waals surface area contributed by atoms with E-state index in [-0.39, 0.29) is 13.1 Å². The molecular weight excluding hydrogens is 576 g/mol. The Morgan fingerprint density at radius 1 is 1.06 bits per heavy atom. The Bertz CT molecular complexity index is 1250. The van der Waals surface area contributed by atoms with E-state index in [1.165, 1.54) is 9.80 Å². The molecule has 3 aromatic carbocycles. The predicted molar refractivity (Wildman–Crippen MR) is 141 cm³/mol. The van der Waals surface area contributed by atoms with Crippen LogP contribution in [0, 0.1) is 6.92 Å². The molecule has 0 spiro atoms. The highest BCUT2D eigenvalue weighted by Gasteiger charge is 2.41. The molecule has 1 saturated heterocycles. The summed E-state index contributed by atoms with van der Waals surface area (Å²) in [5.41, 5.74) is 1.43. The molecule has 0 saturated carbocycles. The second-order valence-corrected chi connectivity index (χ2v) is 10.7. The molecule has 1 fully saturated rings. The standard InChI is InChI=1S/C27H26Br2N2O4/c1-18-6-10-23(11-7-18)35-24-15-22(29)9-8-19(24)16-30(2)25(32)26(33)31-13-12-27(34,17-31)20-4-3-5-21(28)14-20/h3-11,14-15,34H,12-13,16-17H2,1-2H3. The van der Waals surface area contributed by atoms with Gasteiger partial charge in [-0.3, -0.25) is 9.59 Å². The van der Waals surface area contributed by atoms with Gasteiger partial charge in [0.15, 0.2) is 0 Å². The topological polar surface area (TPSA) is 70.1 Å². The van der Waals surface area contributed by atoms with Crippen LogP contribution in [0.5, 0.6) is 11.5 Å². The van der Waals surface area contributed by atoms with Gasteiger partial charge in [0.1, 0.15) is 17.1 Å². The first-order chi connectivity index (χ1) is 16.6. The van der Waals surface area contributed by atoms with Crippen LogP contribution in [0.3, 0.4) is 0 Å². The van der Waals surface area contributed by atoms with Gasteiger partial charge in [-0.05, 0) is 55.3 Å². The van der Waals surface area contributed by atoms with Gasteiger partial charge in [-0.25, -0.2) is 0 Å². The number of likely N-dealkylation sites (N-methyl/N-ethyl adjacent to an activating group) is 1. The molecule has 1 atom stereocenters. The molecule has 1 N–H and O–H groups in total. The Labute approximate surface area is 221 Å². The molecule has 6 nitrogen and oxygen atoms in total. The van der Waals surface area contributed by atoms with Gasteiger partial charge >= 0.3 is 11.8 Å². The number of aryl methyl sites for hydroxylation is 1. The van der Waals surface area contributed by atoms with Crippen LogP contribution in [-0.2, 0) is 21.7 Å². The van der Waals surface area contributed by atoms with Crippen molar-refractivity contribution in [3.8, 4) is 11.5 Å². The first-order valence-corrected chi connectivity index (χ1v) is 12.8. The molecule has 0 aliphatic carbocycles. The summed E-state index contributed by atoms with van der Waals surface area (Å²) in [6.45, 7) is 2.58. The Hall–Kier alpha value is -2.68. The highest BCUT2D eigenvalue weighted by atomic mass is 79.9. The van der Waals surface area contributed by atoms with E-state index in [1.54, 1.807) is 7.05 Å². The van der Waals surface area contributed by atoms with Crippen LogP contribution in [0.25, 0.3) is 0 Å². The fourth-order valence-electron chi connectivity index (χ4n) is 4.09. The summed E-state index contributed by atoms with van der Waals surface area (Å²) in [7, 11) is 1.59. The number of carbonyl (C=O) groups is 2. The van der Waals surface area contributed by atoms with E-state index >= 15 is 0 Å². The normalized spacial score (nSPS) is 17.3. The minimum atomic E-state index is -1.18. The largest absolute Gasteiger partial charge is 0.457 e. The molecule has 8 heteroatoms. The molecule has 4 rings (SSSR count). The smallest absolute Gasteiger partial charge is 0.312 e. The molecule has 1 aliphatic heterocycles. The molecule has 1 unspecified atom stereocenters. The minimum Gasteiger partial charge on any atom is -0.457 e. The molecule has 0 radical (unpaired) electrons. The van der Waals surface area contributed by atoms with Gasteiger partial charge in [0, 0.05) is 34.6 Å². The van der Waals surface area contributed by atoms with E-state index in [4.69, 9.17) is 4.74 Å². The highest BCUT2D eigenvalue weighted by Crippen LogP contribution is 2.34. The number of halogens is 2. The predicted octanol–water partition coefficient (Wildman–Crippen LogP) is 5.39. The highest BCUT2D eigenvalue weighted by molar-refractivity contribution is 9.10. The number of carbonyl (C=O) groups excluding carboxylic acids is 2. The lowest BCUT2D eigenvalue weighted by molar-refractivity contribution is -0.151. The van der Waals surface area contributed by atoms with Gasteiger partial charge in [0.2, 0.25) is 0 Å². The molecular formula is C27H26Br2N2O4. The zero-order valence-corrected chi connectivity index (χ0v) is 22.7. The number of amides is 2. The Morgan fingerprint density at radius 2 is 1.77 bits per heavy atom. The lowest BCUT2D eigenvalue weighted by Crippen LogP contribution is -2.44. The molecule has 182 valence electrons. The molecule has 2 amide bonds. The maximum Gasteiger partial charge on any atom is 0.312 e. The van der Waals surface area contributed by atoms with Crippen molar-refractivity contribution in [2.45, 2.75) is 25.5 Å². The summed E-state index contributed by atoms with van der Waals surface area (Å²) in [6, 6.07) is 20.7. The second kappa shape index (κ2) is 10.5. The number of nitrogens with zero attached hydrogens (tertiary/aromatic N) is 2. The van der Waals surface area contributed by atoms with Crippen LogP contribution in [-0.4, -0.2) is 46.9 Å². The Morgan fingerprint density at radius 3 is 2.49 bits per heavy atom. The Balaban J connectivity index is 1.45. The zero-order valence-electron chi connectivity index (χ0n) is 19.5. The Kier molecular flexibility index (Phi) is 7.64. The summed E-state index contributed by atoms with van der Waals surface area (Å²) in [4.78, 5) is 28.8. The SMILES string of the molecule is Cc1ccc(Oc2cc(Br)ccc2CN(C)C(=O)C(=O)N2CCC(O)(c3cccc(Br)c3)C2)cc1. The average Bonchev–Trinajstić information content (AvgIpc) is 3.24. The summed E-state index contributed by atoms with van der Waals surface area (Å²) in [5.74, 6) is 0.0219. The number of benzene rings is 3. The molecule has 1 heterocycles. The van der Waals surface area contributed by atoms with Gasteiger partial charge in [-0.2, -0.15) is 0 Å². The van der Waals surface area contributed by atoms with Crippen LogP contribution in [0.15, 0.2) is 75.7 Å². The molecule has 35 heavy (non-hydrogen) atoms. The summed E-state index contributed by atoms with van der Waals surface area (Å²) in [5, 5.41) is 11.1. The third-order valence-electron chi connectivity index (χ3n) is 6.11. The van der Waals surface area contributed by atoms with E-state index in [1.807, 2.05) is 73.7 Å². The zero-order chi connectivity index (χ0) is 25.2. The maximum absolute atomic E-state index is 13.0. The number of hydrogen-bond acceptors (Lipinski definition) is 4. The van der Waals surface area contributed by atoms with Gasteiger partial charge in [0.25, 0.3) is 0 Å². The summed E-state index contributed by atoms with van der Waals surface area (Å²) in [6.07, 6.45) is 0.368. The lowest BCUT2D eigenvalue weighted by atomic mass is 9.93. The first kappa shape index (κ1) is 25.4. The second-order valence-electron chi connectivity index (χ2n) is 8.85. The molecule has 1 aliphatic rings. The van der Waals surface area contributed by atoms with Crippen molar-refractivity contribution < 1.29 is 19.4 Å². The number of aliphatic hydroxyl groups is 1. The third kappa shape index (κ3) is 5.94. The maximum atomic E-state index is 13.0. The number of β-amino-alcohol motifs (C(OH)–C–C–N with tert-alkyl or cyclic N) is 1. The van der Waals surface area contributed by atoms with Crippen molar-refractivity contribution in [3.05, 3.63) is 92.4 Å². The van der Waals surface area contributed by atoms with Crippen molar-refractivity contribution >= 4 is 43.7 Å². The van der Waals surface area contributed by atoms with Gasteiger partial charge in [0.05, 0.1) is 6.54 Å². The lowest BCUT2D eigenvalue weighted by Gasteiger charge is -2.25. The first-order valence-electron chi connectivity index (χ1n) is 11.2. The quantitative estimate of drug-likeness (QED) is 0.398. The van der Waals surface area contributed by atoms with E-state index < -0.39 is 17.4 Å². The average molecular weight is 602 g/mol. The van der Waals surface area contributed by atoms with E-state index in [0.29, 0.717) is 24.5 Å². The molecule has 3 aromatic rings. The van der Waals surface area contributed by atoms with Crippen molar-refractivity contribution in [3.63, 3.8) is 0 Å². The van der Waals surface area contributed by atoms with Crippen molar-refractivity contribution in [2.75, 3.05) is 20.1 Å². The molecule has 0 bridgehead atoms. The minimum absolute atomic E-state index is 0.0714. The number of rotatable bonds is 5. The summed E-state index contributed by atoms with van der Waals surface area (Å²) >= 11 is 6.89. The fourth-order valence-corrected chi connectivity index (χ4v) is 4.83.